The molecule has 31 heavy (non-hydrogen) atoms. The molecule has 4 rings (SSSR count). The van der Waals surface area contributed by atoms with Crippen molar-refractivity contribution in [1.29, 1.82) is 0 Å². The van der Waals surface area contributed by atoms with E-state index < -0.39 is 6.04 Å². The van der Waals surface area contributed by atoms with Crippen LogP contribution in [0.5, 0.6) is 17.2 Å². The van der Waals surface area contributed by atoms with E-state index in [-0.39, 0.29) is 11.7 Å². The summed E-state index contributed by atoms with van der Waals surface area (Å²) in [5, 5.41) is 17.7. The van der Waals surface area contributed by atoms with Crippen LogP contribution in [0, 0.1) is 0 Å². The van der Waals surface area contributed by atoms with Crippen molar-refractivity contribution >= 4 is 5.91 Å². The van der Waals surface area contributed by atoms with Crippen LogP contribution in [0.1, 0.15) is 34.1 Å². The lowest BCUT2D eigenvalue weighted by Gasteiger charge is -2.27. The fourth-order valence-corrected chi connectivity index (χ4v) is 4.06. The van der Waals surface area contributed by atoms with Crippen molar-refractivity contribution < 1.29 is 24.1 Å². The third kappa shape index (κ3) is 3.59. The Morgan fingerprint density at radius 1 is 1.10 bits per heavy atom. The Bertz CT molecular complexity index is 1090. The fraction of sp³-hybridized carbons (Fsp3) is 0.304. The molecule has 1 aliphatic rings. The molecule has 0 radical (unpaired) electrons. The van der Waals surface area contributed by atoms with Gasteiger partial charge in [-0.3, -0.25) is 9.89 Å². The molecular formula is C23H25N3O5. The molecule has 162 valence electrons. The van der Waals surface area contributed by atoms with E-state index >= 15 is 0 Å². The van der Waals surface area contributed by atoms with Gasteiger partial charge >= 0.3 is 0 Å². The Morgan fingerprint density at radius 3 is 2.58 bits per heavy atom. The van der Waals surface area contributed by atoms with E-state index in [1.54, 1.807) is 44.4 Å². The Labute approximate surface area is 180 Å². The van der Waals surface area contributed by atoms with Gasteiger partial charge in [0, 0.05) is 31.4 Å². The molecule has 0 spiro atoms. The van der Waals surface area contributed by atoms with Gasteiger partial charge in [0.1, 0.15) is 17.1 Å². The average molecular weight is 423 g/mol. The van der Waals surface area contributed by atoms with Crippen molar-refractivity contribution in [2.75, 3.05) is 34.5 Å². The molecule has 8 nitrogen and oxygen atoms in total. The third-order valence-electron chi connectivity index (χ3n) is 5.49. The lowest BCUT2D eigenvalue weighted by atomic mass is 9.95. The minimum absolute atomic E-state index is 0.105. The highest BCUT2D eigenvalue weighted by atomic mass is 16.5. The van der Waals surface area contributed by atoms with Crippen molar-refractivity contribution in [3.63, 3.8) is 0 Å². The number of fused-ring (bicyclic) bond motifs is 1. The first-order valence-electron chi connectivity index (χ1n) is 9.99. The molecule has 2 N–H and O–H groups in total. The smallest absolute Gasteiger partial charge is 0.273 e. The number of methoxy groups -OCH3 is 3. The second-order valence-corrected chi connectivity index (χ2v) is 7.24. The molecule has 2 aromatic carbocycles. The van der Waals surface area contributed by atoms with E-state index in [2.05, 4.69) is 10.2 Å². The van der Waals surface area contributed by atoms with Crippen LogP contribution in [0.15, 0.2) is 42.5 Å². The first-order chi connectivity index (χ1) is 15.1. The van der Waals surface area contributed by atoms with Crippen molar-refractivity contribution in [2.45, 2.75) is 12.5 Å². The van der Waals surface area contributed by atoms with Crippen molar-refractivity contribution in [2.24, 2.45) is 0 Å². The monoisotopic (exact) mass is 423 g/mol. The van der Waals surface area contributed by atoms with Gasteiger partial charge in [0.15, 0.2) is 11.5 Å². The summed E-state index contributed by atoms with van der Waals surface area (Å²) in [6.07, 6.45) is 0.690. The predicted molar refractivity (Wildman–Crippen MR) is 115 cm³/mol. The van der Waals surface area contributed by atoms with Crippen molar-refractivity contribution in [3.05, 3.63) is 59.3 Å². The second-order valence-electron chi connectivity index (χ2n) is 7.24. The molecular weight excluding hydrogens is 398 g/mol. The Hall–Kier alpha value is -3.52. The van der Waals surface area contributed by atoms with Gasteiger partial charge in [-0.15, -0.1) is 0 Å². The van der Waals surface area contributed by atoms with Crippen molar-refractivity contribution in [1.82, 2.24) is 15.1 Å². The Kier molecular flexibility index (Phi) is 5.81. The molecule has 0 unspecified atom stereocenters. The van der Waals surface area contributed by atoms with Gasteiger partial charge < -0.3 is 24.2 Å². The van der Waals surface area contributed by atoms with Gasteiger partial charge in [-0.1, -0.05) is 18.2 Å². The number of rotatable bonds is 8. The summed E-state index contributed by atoms with van der Waals surface area (Å²) in [6, 6.07) is 12.2. The predicted octanol–water partition coefficient (Wildman–Crippen LogP) is 3.38. The van der Waals surface area contributed by atoms with Crippen LogP contribution in [0.25, 0.3) is 11.3 Å². The summed E-state index contributed by atoms with van der Waals surface area (Å²) < 4.78 is 16.0. The van der Waals surface area contributed by atoms with Crippen LogP contribution >= 0.6 is 0 Å². The number of nitrogens with one attached hydrogen (secondary N) is 1. The zero-order valence-electron chi connectivity index (χ0n) is 17.7. The minimum atomic E-state index is -0.396. The highest BCUT2D eigenvalue weighted by Crippen LogP contribution is 2.45. The maximum absolute atomic E-state index is 13.3. The SMILES string of the molecule is COCCCN1C(=O)c2[nH]nc(-c3ccccc3O)c2[C@H]1c1ccc(OC)c(OC)c1. The van der Waals surface area contributed by atoms with E-state index in [0.29, 0.717) is 48.0 Å². The molecule has 0 saturated heterocycles. The number of phenols is 1. The van der Waals surface area contributed by atoms with Crippen LogP contribution in [-0.2, 0) is 4.74 Å². The molecule has 1 amide bonds. The molecule has 1 aliphatic heterocycles. The third-order valence-corrected chi connectivity index (χ3v) is 5.49. The quantitative estimate of drug-likeness (QED) is 0.539. The Morgan fingerprint density at radius 2 is 1.87 bits per heavy atom. The van der Waals surface area contributed by atoms with Crippen LogP contribution < -0.4 is 9.47 Å². The van der Waals surface area contributed by atoms with Gasteiger partial charge in [0.25, 0.3) is 5.91 Å². The number of nitrogens with zero attached hydrogens (tertiary/aromatic N) is 2. The van der Waals surface area contributed by atoms with E-state index in [1.807, 2.05) is 24.3 Å². The number of para-hydroxylation sites is 1. The Balaban J connectivity index is 1.86. The summed E-state index contributed by atoms with van der Waals surface area (Å²) in [5.74, 6) is 1.15. The molecule has 1 atom stereocenters. The van der Waals surface area contributed by atoms with Gasteiger partial charge in [0.2, 0.25) is 0 Å². The first kappa shape index (κ1) is 20.7. The van der Waals surface area contributed by atoms with Crippen LogP contribution in [0.4, 0.5) is 0 Å². The highest BCUT2D eigenvalue weighted by Gasteiger charge is 2.42. The fourth-order valence-electron chi connectivity index (χ4n) is 4.06. The van der Waals surface area contributed by atoms with E-state index in [4.69, 9.17) is 14.2 Å². The van der Waals surface area contributed by atoms with Gasteiger partial charge in [-0.05, 0) is 36.2 Å². The number of hydrogen-bond acceptors (Lipinski definition) is 6. The van der Waals surface area contributed by atoms with E-state index in [1.165, 1.54) is 0 Å². The molecule has 0 fully saturated rings. The van der Waals surface area contributed by atoms with Crippen LogP contribution in [-0.4, -0.2) is 60.6 Å². The van der Waals surface area contributed by atoms with Crippen LogP contribution in [0.3, 0.4) is 0 Å². The number of ether oxygens (including phenoxy) is 3. The van der Waals surface area contributed by atoms with E-state index in [0.717, 1.165) is 11.1 Å². The largest absolute Gasteiger partial charge is 0.507 e. The zero-order chi connectivity index (χ0) is 22.0. The summed E-state index contributed by atoms with van der Waals surface area (Å²) in [7, 11) is 4.80. The number of aromatic hydroxyl groups is 1. The number of H-pyrrole nitrogens is 1. The molecule has 2 heterocycles. The molecule has 0 aliphatic carbocycles. The normalized spacial score (nSPS) is 15.3. The summed E-state index contributed by atoms with van der Waals surface area (Å²) in [5.41, 5.74) is 3.14. The first-order valence-corrected chi connectivity index (χ1v) is 9.99. The number of benzene rings is 2. The lowest BCUT2D eigenvalue weighted by molar-refractivity contribution is 0.0723. The summed E-state index contributed by atoms with van der Waals surface area (Å²) in [4.78, 5) is 15.1. The molecule has 8 heteroatoms. The molecule has 0 bridgehead atoms. The van der Waals surface area contributed by atoms with Gasteiger partial charge in [0.05, 0.1) is 20.3 Å². The van der Waals surface area contributed by atoms with Gasteiger partial charge in [-0.25, -0.2) is 0 Å². The zero-order valence-corrected chi connectivity index (χ0v) is 17.7. The number of aromatic amines is 1. The number of amides is 1. The maximum Gasteiger partial charge on any atom is 0.273 e. The summed E-state index contributed by atoms with van der Waals surface area (Å²) in [6.45, 7) is 1.05. The van der Waals surface area contributed by atoms with Crippen molar-refractivity contribution in [3.8, 4) is 28.5 Å². The average Bonchev–Trinajstić information content (AvgIpc) is 3.33. The van der Waals surface area contributed by atoms with Gasteiger partial charge in [-0.2, -0.15) is 5.10 Å². The number of carbonyl (C=O) groups excluding carboxylic acids is 1. The molecule has 0 saturated carbocycles. The lowest BCUT2D eigenvalue weighted by Crippen LogP contribution is -2.31. The number of phenolic OH excluding ortho intramolecular Hbond substituents is 1. The molecule has 1 aromatic heterocycles. The minimum Gasteiger partial charge on any atom is -0.507 e. The number of carbonyl (C=O) groups is 1. The standard InChI is InChI=1S/C23H25N3O5/c1-29-12-6-11-26-22(14-9-10-17(30-2)18(13-14)31-3)19-20(24-25-21(19)23(26)28)15-7-4-5-8-16(15)27/h4-5,7-10,13,22,27H,6,11-12H2,1-3H3,(H,24,25)/t22-/m1/s1. The second kappa shape index (κ2) is 8.69. The highest BCUT2D eigenvalue weighted by molar-refractivity contribution is 6.00. The van der Waals surface area contributed by atoms with Crippen LogP contribution in [0.2, 0.25) is 0 Å². The topological polar surface area (TPSA) is 96.9 Å². The maximum atomic E-state index is 13.3. The molecule has 3 aromatic rings. The number of aromatic nitrogens is 2. The number of hydrogen-bond donors (Lipinski definition) is 2. The summed E-state index contributed by atoms with van der Waals surface area (Å²) >= 11 is 0. The van der Waals surface area contributed by atoms with E-state index in [9.17, 15) is 9.90 Å².